The van der Waals surface area contributed by atoms with E-state index in [-0.39, 0.29) is 5.69 Å². The van der Waals surface area contributed by atoms with E-state index in [1.54, 1.807) is 6.07 Å². The fraction of sp³-hybridized carbons (Fsp3) is 0.100. The minimum Gasteiger partial charge on any atom is -0.354 e. The number of carbonyl (C=O) groups is 1. The van der Waals surface area contributed by atoms with Gasteiger partial charge in [0.05, 0.1) is 11.9 Å². The molecule has 0 fully saturated rings. The van der Waals surface area contributed by atoms with Gasteiger partial charge in [-0.15, -0.1) is 0 Å². The molecule has 0 saturated carbocycles. The Labute approximate surface area is 149 Å². The zero-order valence-corrected chi connectivity index (χ0v) is 14.3. The summed E-state index contributed by atoms with van der Waals surface area (Å²) in [6, 6.07) is 12.5. The quantitative estimate of drug-likeness (QED) is 0.696. The van der Waals surface area contributed by atoms with Crippen LogP contribution in [0, 0.1) is 25.5 Å². The summed E-state index contributed by atoms with van der Waals surface area (Å²) in [6.45, 7) is 3.99. The third-order valence-corrected chi connectivity index (χ3v) is 3.95. The molecule has 1 aromatic heterocycles. The van der Waals surface area contributed by atoms with Gasteiger partial charge in [0.2, 0.25) is 0 Å². The lowest BCUT2D eigenvalue weighted by atomic mass is 10.1. The fourth-order valence-electron chi connectivity index (χ4n) is 2.55. The van der Waals surface area contributed by atoms with E-state index < -0.39 is 23.2 Å². The van der Waals surface area contributed by atoms with Gasteiger partial charge in [0.1, 0.15) is 23.0 Å². The number of halogens is 2. The van der Waals surface area contributed by atoms with Gasteiger partial charge in [-0.25, -0.2) is 13.8 Å². The van der Waals surface area contributed by atoms with Gasteiger partial charge in [-0.1, -0.05) is 24.3 Å². The Morgan fingerprint density at radius 1 is 0.885 bits per heavy atom. The topological polar surface area (TPSA) is 54.0 Å². The molecule has 3 rings (SSSR count). The highest BCUT2D eigenvalue weighted by Gasteiger charge is 2.14. The van der Waals surface area contributed by atoms with Gasteiger partial charge < -0.3 is 10.6 Å². The normalized spacial score (nSPS) is 10.5. The lowest BCUT2D eigenvalue weighted by Crippen LogP contribution is -2.15. The average molecular weight is 353 g/mol. The number of rotatable bonds is 4. The molecule has 0 spiro atoms. The molecule has 0 aliphatic carbocycles. The first-order chi connectivity index (χ1) is 12.5. The Balaban J connectivity index is 1.76. The van der Waals surface area contributed by atoms with Crippen LogP contribution in [-0.4, -0.2) is 10.9 Å². The third kappa shape index (κ3) is 3.69. The lowest BCUT2D eigenvalue weighted by molar-refractivity contribution is 0.102. The number of aryl methyl sites for hydroxylation is 2. The van der Waals surface area contributed by atoms with Crippen molar-refractivity contribution < 1.29 is 13.6 Å². The van der Waals surface area contributed by atoms with E-state index >= 15 is 0 Å². The van der Waals surface area contributed by atoms with E-state index in [4.69, 9.17) is 0 Å². The number of benzene rings is 2. The van der Waals surface area contributed by atoms with E-state index in [0.29, 0.717) is 5.69 Å². The van der Waals surface area contributed by atoms with Crippen molar-refractivity contribution in [3.63, 3.8) is 0 Å². The van der Waals surface area contributed by atoms with Crippen LogP contribution in [0.5, 0.6) is 0 Å². The molecule has 0 aliphatic rings. The number of carbonyl (C=O) groups excluding carboxylic acids is 1. The minimum atomic E-state index is -0.841. The fourth-order valence-corrected chi connectivity index (χ4v) is 2.55. The number of amides is 1. The lowest BCUT2D eigenvalue weighted by Gasteiger charge is -2.12. The van der Waals surface area contributed by atoms with Gasteiger partial charge in [0.25, 0.3) is 5.91 Å². The van der Waals surface area contributed by atoms with Crippen molar-refractivity contribution in [2.24, 2.45) is 0 Å². The molecule has 0 bridgehead atoms. The van der Waals surface area contributed by atoms with E-state index in [9.17, 15) is 13.6 Å². The zero-order chi connectivity index (χ0) is 18.7. The molecule has 0 radical (unpaired) electrons. The average Bonchev–Trinajstić information content (AvgIpc) is 2.62. The molecule has 3 aromatic rings. The summed E-state index contributed by atoms with van der Waals surface area (Å²) in [4.78, 5) is 16.2. The first-order valence-corrected chi connectivity index (χ1v) is 8.00. The summed E-state index contributed by atoms with van der Waals surface area (Å²) in [5.41, 5.74) is 3.41. The number of nitrogens with zero attached hydrogens (tertiary/aromatic N) is 1. The summed E-state index contributed by atoms with van der Waals surface area (Å²) in [5.74, 6) is -2.37. The first-order valence-electron chi connectivity index (χ1n) is 8.00. The molecule has 0 aliphatic heterocycles. The van der Waals surface area contributed by atoms with Gasteiger partial charge in [0, 0.05) is 5.69 Å². The number of para-hydroxylation sites is 2. The van der Waals surface area contributed by atoms with Crippen LogP contribution in [0.15, 0.2) is 54.7 Å². The molecule has 1 amide bonds. The number of pyridine rings is 1. The maximum Gasteiger partial charge on any atom is 0.274 e. The van der Waals surface area contributed by atoms with Gasteiger partial charge in [-0.2, -0.15) is 0 Å². The minimum absolute atomic E-state index is 0.0553. The van der Waals surface area contributed by atoms with E-state index in [2.05, 4.69) is 15.6 Å². The summed E-state index contributed by atoms with van der Waals surface area (Å²) in [7, 11) is 0. The van der Waals surface area contributed by atoms with Crippen molar-refractivity contribution in [2.75, 3.05) is 10.6 Å². The summed E-state index contributed by atoms with van der Waals surface area (Å²) >= 11 is 0. The van der Waals surface area contributed by atoms with Crippen molar-refractivity contribution >= 4 is 23.0 Å². The van der Waals surface area contributed by atoms with Crippen LogP contribution in [-0.2, 0) is 0 Å². The predicted octanol–water partition coefficient (Wildman–Crippen LogP) is 4.97. The molecular formula is C20H17F2N3O. The standard InChI is InChI=1S/C20H17F2N3O/c1-12-5-3-6-13(2)18(12)24-14-9-10-17(23-11-14)20(26)25-19-15(21)7-4-8-16(19)22/h3-11,24H,1-2H3,(H,25,26). The molecule has 132 valence electrons. The number of aromatic nitrogens is 1. The molecule has 2 aromatic carbocycles. The van der Waals surface area contributed by atoms with Gasteiger partial charge in [-0.3, -0.25) is 4.79 Å². The van der Waals surface area contributed by atoms with E-state index in [0.717, 1.165) is 28.9 Å². The second-order valence-corrected chi connectivity index (χ2v) is 5.87. The molecule has 6 heteroatoms. The van der Waals surface area contributed by atoms with Gasteiger partial charge in [-0.05, 0) is 49.2 Å². The number of anilines is 3. The van der Waals surface area contributed by atoms with Crippen molar-refractivity contribution in [1.82, 2.24) is 4.98 Å². The van der Waals surface area contributed by atoms with Crippen LogP contribution < -0.4 is 10.6 Å². The highest BCUT2D eigenvalue weighted by Crippen LogP contribution is 2.24. The van der Waals surface area contributed by atoms with Crippen LogP contribution in [0.4, 0.5) is 25.8 Å². The molecule has 0 atom stereocenters. The highest BCUT2D eigenvalue weighted by atomic mass is 19.1. The molecule has 0 unspecified atom stereocenters. The molecule has 2 N–H and O–H groups in total. The van der Waals surface area contributed by atoms with Crippen LogP contribution in [0.3, 0.4) is 0 Å². The Hall–Kier alpha value is -3.28. The SMILES string of the molecule is Cc1cccc(C)c1Nc1ccc(C(=O)Nc2c(F)cccc2F)nc1. The predicted molar refractivity (Wildman–Crippen MR) is 97.7 cm³/mol. The molecular weight excluding hydrogens is 336 g/mol. The number of nitrogens with one attached hydrogen (secondary N) is 2. The van der Waals surface area contributed by atoms with Crippen molar-refractivity contribution in [3.05, 3.63) is 83.2 Å². The third-order valence-electron chi connectivity index (χ3n) is 3.95. The second-order valence-electron chi connectivity index (χ2n) is 5.87. The maximum absolute atomic E-state index is 13.6. The van der Waals surface area contributed by atoms with Crippen LogP contribution in [0.25, 0.3) is 0 Å². The Bertz CT molecular complexity index is 915. The smallest absolute Gasteiger partial charge is 0.274 e. The molecule has 0 saturated heterocycles. The Morgan fingerprint density at radius 2 is 1.50 bits per heavy atom. The van der Waals surface area contributed by atoms with Gasteiger partial charge >= 0.3 is 0 Å². The maximum atomic E-state index is 13.6. The summed E-state index contributed by atoms with van der Waals surface area (Å²) < 4.78 is 27.2. The van der Waals surface area contributed by atoms with Crippen LogP contribution >= 0.6 is 0 Å². The number of hydrogen-bond acceptors (Lipinski definition) is 3. The Kier molecular flexibility index (Phi) is 4.93. The van der Waals surface area contributed by atoms with Crippen molar-refractivity contribution in [2.45, 2.75) is 13.8 Å². The Morgan fingerprint density at radius 3 is 2.08 bits per heavy atom. The monoisotopic (exact) mass is 353 g/mol. The second kappa shape index (κ2) is 7.31. The molecule has 26 heavy (non-hydrogen) atoms. The highest BCUT2D eigenvalue weighted by molar-refractivity contribution is 6.03. The molecule has 4 nitrogen and oxygen atoms in total. The van der Waals surface area contributed by atoms with Gasteiger partial charge in [0.15, 0.2) is 0 Å². The largest absolute Gasteiger partial charge is 0.354 e. The van der Waals surface area contributed by atoms with Crippen LogP contribution in [0.2, 0.25) is 0 Å². The molecule has 1 heterocycles. The van der Waals surface area contributed by atoms with E-state index in [1.165, 1.54) is 18.3 Å². The summed E-state index contributed by atoms with van der Waals surface area (Å²) in [6.07, 6.45) is 1.50. The van der Waals surface area contributed by atoms with Crippen molar-refractivity contribution in [1.29, 1.82) is 0 Å². The first kappa shape index (κ1) is 17.5. The summed E-state index contributed by atoms with van der Waals surface area (Å²) in [5, 5.41) is 5.47. The van der Waals surface area contributed by atoms with E-state index in [1.807, 2.05) is 32.0 Å². The zero-order valence-electron chi connectivity index (χ0n) is 14.3. The van der Waals surface area contributed by atoms with Crippen molar-refractivity contribution in [3.8, 4) is 0 Å². The number of hydrogen-bond donors (Lipinski definition) is 2. The van der Waals surface area contributed by atoms with Crippen LogP contribution in [0.1, 0.15) is 21.6 Å².